The number of hydrogen-bond donors (Lipinski definition) is 4. The summed E-state index contributed by atoms with van der Waals surface area (Å²) in [6, 6.07) is 0. The molecule has 0 unspecified atom stereocenters. The normalized spacial score (nSPS) is 16.0. The molecule has 5 nitrogen and oxygen atoms in total. The number of aliphatic hydroxyl groups is 3. The van der Waals surface area contributed by atoms with Crippen LogP contribution in [0.3, 0.4) is 0 Å². The van der Waals surface area contributed by atoms with Crippen LogP contribution in [0, 0.1) is 0 Å². The van der Waals surface area contributed by atoms with Crippen LogP contribution >= 0.6 is 0 Å². The molecule has 3 atom stereocenters. The van der Waals surface area contributed by atoms with E-state index >= 15 is 0 Å². The van der Waals surface area contributed by atoms with E-state index in [1.165, 1.54) is 6.08 Å². The zero-order valence-corrected chi connectivity index (χ0v) is 14.1. The molecule has 0 saturated carbocycles. The molecule has 0 bridgehead atoms. The summed E-state index contributed by atoms with van der Waals surface area (Å²) in [5, 5.41) is 38.0. The highest BCUT2D eigenvalue weighted by molar-refractivity contribution is 5.66. The van der Waals surface area contributed by atoms with Crippen molar-refractivity contribution in [2.45, 2.75) is 83.0 Å². The minimum atomic E-state index is -1.17. The highest BCUT2D eigenvalue weighted by atomic mass is 16.4. The van der Waals surface area contributed by atoms with Gasteiger partial charge in [-0.25, -0.2) is 0 Å². The van der Waals surface area contributed by atoms with E-state index in [4.69, 9.17) is 5.11 Å². The van der Waals surface area contributed by atoms with E-state index in [0.717, 1.165) is 32.1 Å². The second-order valence-corrected chi connectivity index (χ2v) is 5.79. The molecule has 0 aliphatic heterocycles. The average Bonchev–Trinajstić information content (AvgIpc) is 2.52. The maximum absolute atomic E-state index is 10.3. The number of allylic oxidation sites excluding steroid dienone is 3. The maximum Gasteiger partial charge on any atom is 0.303 e. The van der Waals surface area contributed by atoms with Crippen LogP contribution in [0.25, 0.3) is 0 Å². The average molecular weight is 328 g/mol. The van der Waals surface area contributed by atoms with Gasteiger partial charge in [0.05, 0.1) is 6.10 Å². The molecule has 0 rings (SSSR count). The summed E-state index contributed by atoms with van der Waals surface area (Å²) in [6.45, 7) is 2.04. The molecule has 0 saturated heterocycles. The summed E-state index contributed by atoms with van der Waals surface area (Å²) >= 11 is 0. The third kappa shape index (κ3) is 13.0. The number of carboxylic acid groups (broad SMARTS) is 1. The van der Waals surface area contributed by atoms with Crippen molar-refractivity contribution >= 4 is 5.97 Å². The second kappa shape index (κ2) is 14.4. The minimum Gasteiger partial charge on any atom is -0.481 e. The van der Waals surface area contributed by atoms with E-state index in [-0.39, 0.29) is 6.42 Å². The van der Waals surface area contributed by atoms with Gasteiger partial charge < -0.3 is 20.4 Å². The van der Waals surface area contributed by atoms with E-state index in [9.17, 15) is 20.1 Å². The van der Waals surface area contributed by atoms with Gasteiger partial charge in [0.1, 0.15) is 12.2 Å². The lowest BCUT2D eigenvalue weighted by Gasteiger charge is -2.20. The second-order valence-electron chi connectivity index (χ2n) is 5.79. The first-order valence-electron chi connectivity index (χ1n) is 8.56. The summed E-state index contributed by atoms with van der Waals surface area (Å²) in [6.07, 6.45) is 10.5. The zero-order chi connectivity index (χ0) is 17.5. The van der Waals surface area contributed by atoms with Crippen molar-refractivity contribution in [3.8, 4) is 0 Å². The standard InChI is InChI=1S/C18H32O5/c1-2-3-4-6-9-12-15(19)18(23)16(20)13-10-7-5-8-11-14-17(21)22/h3-4,9,12,15-16,18-20,23H,2,5-8,10-11,13-14H2,1H3,(H,21,22)/b4-3-,12-9-/t15-,16-,18-/m0/s1. The van der Waals surface area contributed by atoms with Crippen LogP contribution < -0.4 is 0 Å². The molecule has 23 heavy (non-hydrogen) atoms. The molecule has 0 heterocycles. The number of carbonyl (C=O) groups is 1. The zero-order valence-electron chi connectivity index (χ0n) is 14.1. The number of rotatable bonds is 14. The van der Waals surface area contributed by atoms with Gasteiger partial charge in [-0.1, -0.05) is 56.9 Å². The first kappa shape index (κ1) is 21.8. The highest BCUT2D eigenvalue weighted by Gasteiger charge is 2.21. The van der Waals surface area contributed by atoms with Crippen molar-refractivity contribution in [1.82, 2.24) is 0 Å². The van der Waals surface area contributed by atoms with E-state index < -0.39 is 24.3 Å². The van der Waals surface area contributed by atoms with Gasteiger partial charge in [0.15, 0.2) is 0 Å². The first-order chi connectivity index (χ1) is 11.0. The number of carboxylic acids is 1. The van der Waals surface area contributed by atoms with E-state index in [2.05, 4.69) is 0 Å². The lowest BCUT2D eigenvalue weighted by Crippen LogP contribution is -2.36. The summed E-state index contributed by atoms with van der Waals surface area (Å²) < 4.78 is 0. The van der Waals surface area contributed by atoms with Crippen LogP contribution in [0.15, 0.2) is 24.3 Å². The smallest absolute Gasteiger partial charge is 0.303 e. The molecule has 134 valence electrons. The van der Waals surface area contributed by atoms with Gasteiger partial charge in [0.2, 0.25) is 0 Å². The lowest BCUT2D eigenvalue weighted by atomic mass is 10.0. The number of aliphatic hydroxyl groups excluding tert-OH is 3. The monoisotopic (exact) mass is 328 g/mol. The van der Waals surface area contributed by atoms with Crippen LogP contribution in [-0.4, -0.2) is 44.7 Å². The van der Waals surface area contributed by atoms with Gasteiger partial charge in [-0.2, -0.15) is 0 Å². The third-order valence-corrected chi connectivity index (χ3v) is 3.64. The molecule has 0 aliphatic rings. The Kier molecular flexibility index (Phi) is 13.7. The molecule has 0 radical (unpaired) electrons. The van der Waals surface area contributed by atoms with Gasteiger partial charge in [-0.05, 0) is 25.7 Å². The molecule has 0 spiro atoms. The predicted octanol–water partition coefficient (Wildman–Crippen LogP) is 2.80. The molecule has 0 amide bonds. The van der Waals surface area contributed by atoms with Crippen LogP contribution in [-0.2, 0) is 4.79 Å². The molecule has 0 fully saturated rings. The van der Waals surface area contributed by atoms with Crippen LogP contribution in [0.4, 0.5) is 0 Å². The third-order valence-electron chi connectivity index (χ3n) is 3.64. The predicted molar refractivity (Wildman–Crippen MR) is 91.2 cm³/mol. The Morgan fingerprint density at radius 3 is 2.26 bits per heavy atom. The quantitative estimate of drug-likeness (QED) is 0.290. The Bertz CT molecular complexity index is 351. The van der Waals surface area contributed by atoms with E-state index in [1.807, 2.05) is 19.1 Å². The molecule has 0 aromatic heterocycles. The lowest BCUT2D eigenvalue weighted by molar-refractivity contribution is -0.137. The van der Waals surface area contributed by atoms with Crippen molar-refractivity contribution in [3.63, 3.8) is 0 Å². The molecule has 4 N–H and O–H groups in total. The van der Waals surface area contributed by atoms with Crippen LogP contribution in [0.1, 0.15) is 64.7 Å². The highest BCUT2D eigenvalue weighted by Crippen LogP contribution is 2.13. The van der Waals surface area contributed by atoms with Gasteiger partial charge in [-0.15, -0.1) is 0 Å². The van der Waals surface area contributed by atoms with Gasteiger partial charge in [-0.3, -0.25) is 4.79 Å². The SMILES string of the molecule is CC/C=C\C/C=C\[C@H](O)[C@H](O)[C@@H](O)CCCCCCCC(=O)O. The van der Waals surface area contributed by atoms with E-state index in [0.29, 0.717) is 19.3 Å². The number of hydrogen-bond acceptors (Lipinski definition) is 4. The molecular weight excluding hydrogens is 296 g/mol. The Labute approximate surface area is 139 Å². The van der Waals surface area contributed by atoms with Gasteiger partial charge >= 0.3 is 5.97 Å². The largest absolute Gasteiger partial charge is 0.481 e. The van der Waals surface area contributed by atoms with Gasteiger partial charge in [0.25, 0.3) is 0 Å². The van der Waals surface area contributed by atoms with Crippen molar-refractivity contribution in [2.75, 3.05) is 0 Å². The Balaban J connectivity index is 3.77. The first-order valence-corrected chi connectivity index (χ1v) is 8.56. The van der Waals surface area contributed by atoms with E-state index in [1.54, 1.807) is 6.08 Å². The summed E-state index contributed by atoms with van der Waals surface area (Å²) in [4.78, 5) is 10.3. The molecule has 5 heteroatoms. The number of aliphatic carboxylic acids is 1. The summed E-state index contributed by atoms with van der Waals surface area (Å²) in [7, 11) is 0. The molecule has 0 aromatic carbocycles. The fourth-order valence-corrected chi connectivity index (χ4v) is 2.23. The fourth-order valence-electron chi connectivity index (χ4n) is 2.23. The molecule has 0 aliphatic carbocycles. The van der Waals surface area contributed by atoms with Crippen LogP contribution in [0.5, 0.6) is 0 Å². The Hall–Kier alpha value is -1.17. The summed E-state index contributed by atoms with van der Waals surface area (Å²) in [5.41, 5.74) is 0. The Morgan fingerprint density at radius 2 is 1.61 bits per heavy atom. The summed E-state index contributed by atoms with van der Waals surface area (Å²) in [5.74, 6) is -0.768. The van der Waals surface area contributed by atoms with Crippen molar-refractivity contribution < 1.29 is 25.2 Å². The van der Waals surface area contributed by atoms with Crippen molar-refractivity contribution in [2.24, 2.45) is 0 Å². The number of unbranched alkanes of at least 4 members (excludes halogenated alkanes) is 4. The van der Waals surface area contributed by atoms with Crippen molar-refractivity contribution in [1.29, 1.82) is 0 Å². The van der Waals surface area contributed by atoms with Gasteiger partial charge in [0, 0.05) is 6.42 Å². The Morgan fingerprint density at radius 1 is 0.957 bits per heavy atom. The van der Waals surface area contributed by atoms with Crippen LogP contribution in [0.2, 0.25) is 0 Å². The fraction of sp³-hybridized carbons (Fsp3) is 0.722. The maximum atomic E-state index is 10.3. The molecule has 0 aromatic rings. The molecular formula is C18H32O5. The topological polar surface area (TPSA) is 98.0 Å². The van der Waals surface area contributed by atoms with Crippen molar-refractivity contribution in [3.05, 3.63) is 24.3 Å². The minimum absolute atomic E-state index is 0.202.